The summed E-state index contributed by atoms with van der Waals surface area (Å²) in [4.78, 5) is 18.3. The standard InChI is InChI=1S/C30H25N5OS/c1-3-19-12-14-21(15-13-19)34-30-25(29(36)33-22-11-7-8-18(2)16-22)26-27(37-30)24(20-9-5-4-6-10-20)23(17-31)28(32)35-26/h4-16,34H,3H2,1-2H3,(H2,32,35)(H,33,36). The number of fused-ring (bicyclic) bond motifs is 1. The Morgan fingerprint density at radius 2 is 1.78 bits per heavy atom. The van der Waals surface area contributed by atoms with E-state index in [4.69, 9.17) is 5.73 Å². The number of benzene rings is 3. The number of aromatic nitrogens is 1. The van der Waals surface area contributed by atoms with E-state index in [1.54, 1.807) is 0 Å². The number of aryl methyl sites for hydroxylation is 2. The zero-order valence-electron chi connectivity index (χ0n) is 20.5. The highest BCUT2D eigenvalue weighted by Gasteiger charge is 2.26. The highest BCUT2D eigenvalue weighted by Crippen LogP contribution is 2.44. The van der Waals surface area contributed by atoms with Crippen LogP contribution in [0.25, 0.3) is 21.3 Å². The maximum Gasteiger partial charge on any atom is 0.260 e. The summed E-state index contributed by atoms with van der Waals surface area (Å²) in [6, 6.07) is 27.5. The lowest BCUT2D eigenvalue weighted by Gasteiger charge is -2.10. The molecule has 37 heavy (non-hydrogen) atoms. The molecule has 0 atom stereocenters. The minimum absolute atomic E-state index is 0.0927. The molecule has 0 spiro atoms. The zero-order valence-corrected chi connectivity index (χ0v) is 21.3. The molecule has 5 rings (SSSR count). The molecule has 3 aromatic carbocycles. The van der Waals surface area contributed by atoms with Gasteiger partial charge in [-0.3, -0.25) is 4.79 Å². The first-order chi connectivity index (χ1) is 18.0. The van der Waals surface area contributed by atoms with E-state index >= 15 is 0 Å². The molecular weight excluding hydrogens is 478 g/mol. The number of carbonyl (C=O) groups is 1. The second-order valence-corrected chi connectivity index (χ2v) is 9.73. The lowest BCUT2D eigenvalue weighted by atomic mass is 10.00. The highest BCUT2D eigenvalue weighted by atomic mass is 32.1. The van der Waals surface area contributed by atoms with Gasteiger partial charge in [-0.05, 0) is 54.3 Å². The molecule has 0 aliphatic rings. The first-order valence-corrected chi connectivity index (χ1v) is 12.8. The van der Waals surface area contributed by atoms with E-state index in [9.17, 15) is 10.1 Å². The van der Waals surface area contributed by atoms with Gasteiger partial charge < -0.3 is 16.4 Å². The predicted molar refractivity (Wildman–Crippen MR) is 152 cm³/mol. The van der Waals surface area contributed by atoms with Crippen molar-refractivity contribution >= 4 is 49.7 Å². The van der Waals surface area contributed by atoms with Crippen LogP contribution in [0.2, 0.25) is 0 Å². The predicted octanol–water partition coefficient (Wildman–Crippen LogP) is 7.28. The van der Waals surface area contributed by atoms with Crippen molar-refractivity contribution in [3.05, 3.63) is 101 Å². The Bertz CT molecular complexity index is 1650. The van der Waals surface area contributed by atoms with Crippen LogP contribution in [0.4, 0.5) is 22.2 Å². The Morgan fingerprint density at radius 1 is 1.03 bits per heavy atom. The number of nitrogens with one attached hydrogen (secondary N) is 2. The number of nitriles is 1. The normalized spacial score (nSPS) is 10.7. The van der Waals surface area contributed by atoms with Crippen LogP contribution in [0, 0.1) is 18.3 Å². The lowest BCUT2D eigenvalue weighted by molar-refractivity contribution is 0.102. The van der Waals surface area contributed by atoms with Gasteiger partial charge in [0.1, 0.15) is 28.0 Å². The topological polar surface area (TPSA) is 104 Å². The number of anilines is 4. The van der Waals surface area contributed by atoms with Crippen molar-refractivity contribution < 1.29 is 4.79 Å². The molecule has 0 saturated carbocycles. The average Bonchev–Trinajstić information content (AvgIpc) is 3.26. The van der Waals surface area contributed by atoms with Crippen LogP contribution in [-0.2, 0) is 6.42 Å². The number of rotatable bonds is 6. The summed E-state index contributed by atoms with van der Waals surface area (Å²) in [6.07, 6.45) is 0.938. The van der Waals surface area contributed by atoms with Gasteiger partial charge in [0.2, 0.25) is 0 Å². The average molecular weight is 504 g/mol. The van der Waals surface area contributed by atoms with Crippen LogP contribution in [0.3, 0.4) is 0 Å². The molecule has 182 valence electrons. The smallest absolute Gasteiger partial charge is 0.260 e. The monoisotopic (exact) mass is 503 g/mol. The van der Waals surface area contributed by atoms with Crippen LogP contribution in [-0.4, -0.2) is 10.9 Å². The number of pyridine rings is 1. The van der Waals surface area contributed by atoms with E-state index in [2.05, 4.69) is 40.7 Å². The highest BCUT2D eigenvalue weighted by molar-refractivity contribution is 7.24. The fraction of sp³-hybridized carbons (Fsp3) is 0.100. The van der Waals surface area contributed by atoms with Crippen molar-refractivity contribution in [2.75, 3.05) is 16.4 Å². The molecular formula is C30H25N5OS. The Labute approximate surface area is 219 Å². The SMILES string of the molecule is CCc1ccc(Nc2sc3c(-c4ccccc4)c(C#N)c(N)nc3c2C(=O)Nc2cccc(C)c2)cc1. The molecule has 5 aromatic rings. The molecule has 0 radical (unpaired) electrons. The number of carbonyl (C=O) groups excluding carboxylic acids is 1. The van der Waals surface area contributed by atoms with Crippen molar-refractivity contribution in [2.24, 2.45) is 0 Å². The first-order valence-electron chi connectivity index (χ1n) is 11.9. The quantitative estimate of drug-likeness (QED) is 0.226. The molecule has 0 unspecified atom stereocenters. The summed E-state index contributed by atoms with van der Waals surface area (Å²) < 4.78 is 0.721. The number of amides is 1. The summed E-state index contributed by atoms with van der Waals surface area (Å²) in [7, 11) is 0. The number of thiophene rings is 1. The zero-order chi connectivity index (χ0) is 25.9. The molecule has 2 heterocycles. The van der Waals surface area contributed by atoms with Gasteiger partial charge >= 0.3 is 0 Å². The number of nitrogens with two attached hydrogens (primary N) is 1. The van der Waals surface area contributed by atoms with Crippen molar-refractivity contribution in [1.82, 2.24) is 4.98 Å². The van der Waals surface area contributed by atoms with Crippen molar-refractivity contribution in [3.8, 4) is 17.2 Å². The van der Waals surface area contributed by atoms with Gasteiger partial charge in [-0.1, -0.05) is 61.5 Å². The molecule has 0 saturated heterocycles. The van der Waals surface area contributed by atoms with Crippen LogP contribution >= 0.6 is 11.3 Å². The number of hydrogen-bond acceptors (Lipinski definition) is 6. The summed E-state index contributed by atoms with van der Waals surface area (Å²) in [5, 5.41) is 17.0. The Morgan fingerprint density at radius 3 is 2.46 bits per heavy atom. The molecule has 0 aliphatic heterocycles. The number of hydrogen-bond donors (Lipinski definition) is 3. The molecule has 6 nitrogen and oxygen atoms in total. The summed E-state index contributed by atoms with van der Waals surface area (Å²) in [5.74, 6) is -0.213. The van der Waals surface area contributed by atoms with Gasteiger partial charge in [0.15, 0.2) is 0 Å². The summed E-state index contributed by atoms with van der Waals surface area (Å²) >= 11 is 1.39. The van der Waals surface area contributed by atoms with Crippen LogP contribution in [0.5, 0.6) is 0 Å². The van der Waals surface area contributed by atoms with E-state index in [1.165, 1.54) is 16.9 Å². The van der Waals surface area contributed by atoms with E-state index in [0.717, 1.165) is 27.9 Å². The van der Waals surface area contributed by atoms with Gasteiger partial charge in [0.05, 0.1) is 10.2 Å². The fourth-order valence-electron chi connectivity index (χ4n) is 4.28. The molecule has 0 bridgehead atoms. The fourth-order valence-corrected chi connectivity index (χ4v) is 5.51. The second kappa shape index (κ2) is 10.1. The number of nitrogens with zero attached hydrogens (tertiary/aromatic N) is 2. The van der Waals surface area contributed by atoms with Crippen LogP contribution in [0.15, 0.2) is 78.9 Å². The van der Waals surface area contributed by atoms with Crippen molar-refractivity contribution in [1.29, 1.82) is 5.26 Å². The van der Waals surface area contributed by atoms with Crippen LogP contribution < -0.4 is 16.4 Å². The van der Waals surface area contributed by atoms with E-state index in [-0.39, 0.29) is 11.7 Å². The van der Waals surface area contributed by atoms with E-state index < -0.39 is 0 Å². The summed E-state index contributed by atoms with van der Waals surface area (Å²) in [6.45, 7) is 4.08. The molecule has 2 aromatic heterocycles. The minimum Gasteiger partial charge on any atom is -0.383 e. The maximum absolute atomic E-state index is 13.7. The minimum atomic E-state index is -0.305. The Kier molecular flexibility index (Phi) is 6.59. The molecule has 0 aliphatic carbocycles. The third kappa shape index (κ3) is 4.75. The molecule has 7 heteroatoms. The van der Waals surface area contributed by atoms with E-state index in [0.29, 0.717) is 32.9 Å². The van der Waals surface area contributed by atoms with Gasteiger partial charge in [0, 0.05) is 16.9 Å². The van der Waals surface area contributed by atoms with Crippen LogP contribution in [0.1, 0.15) is 34.0 Å². The van der Waals surface area contributed by atoms with E-state index in [1.807, 2.05) is 73.7 Å². The van der Waals surface area contributed by atoms with Gasteiger partial charge in [0.25, 0.3) is 5.91 Å². The Balaban J connectivity index is 1.72. The third-order valence-electron chi connectivity index (χ3n) is 6.15. The second-order valence-electron chi connectivity index (χ2n) is 8.71. The molecule has 1 amide bonds. The molecule has 0 fully saturated rings. The Hall–Kier alpha value is -4.67. The first kappa shape index (κ1) is 24.0. The molecule has 4 N–H and O–H groups in total. The van der Waals surface area contributed by atoms with Gasteiger partial charge in [-0.2, -0.15) is 5.26 Å². The maximum atomic E-state index is 13.7. The van der Waals surface area contributed by atoms with Crippen molar-refractivity contribution in [3.63, 3.8) is 0 Å². The number of nitrogen functional groups attached to an aromatic ring is 1. The largest absolute Gasteiger partial charge is 0.383 e. The lowest BCUT2D eigenvalue weighted by Crippen LogP contribution is -2.13. The van der Waals surface area contributed by atoms with Gasteiger partial charge in [-0.15, -0.1) is 11.3 Å². The van der Waals surface area contributed by atoms with Gasteiger partial charge in [-0.25, -0.2) is 4.98 Å². The third-order valence-corrected chi connectivity index (χ3v) is 7.26. The summed E-state index contributed by atoms with van der Waals surface area (Å²) in [5.41, 5.74) is 12.7. The van der Waals surface area contributed by atoms with Crippen molar-refractivity contribution in [2.45, 2.75) is 20.3 Å².